The van der Waals surface area contributed by atoms with Crippen molar-refractivity contribution in [3.8, 4) is 16.9 Å². The molecule has 4 aromatic rings. The van der Waals surface area contributed by atoms with Crippen LogP contribution in [0, 0.1) is 5.82 Å². The molecule has 2 aromatic carbocycles. The molecule has 11 nitrogen and oxygen atoms in total. The molecule has 0 saturated carbocycles. The lowest BCUT2D eigenvalue weighted by atomic mass is 10.1. The lowest BCUT2D eigenvalue weighted by Gasteiger charge is -2.16. The number of halogens is 7. The predicted molar refractivity (Wildman–Crippen MR) is 140 cm³/mol. The number of carbonyl (C=O) groups excluding carboxylic acids is 2. The third kappa shape index (κ3) is 8.20. The summed E-state index contributed by atoms with van der Waals surface area (Å²) < 4.78 is 100.0. The van der Waals surface area contributed by atoms with Crippen LogP contribution in [-0.4, -0.2) is 44.2 Å². The van der Waals surface area contributed by atoms with Crippen molar-refractivity contribution in [2.24, 2.45) is 7.05 Å². The third-order valence-electron chi connectivity index (χ3n) is 5.31. The molecule has 1 amide bonds. The first-order chi connectivity index (χ1) is 20.6. The summed E-state index contributed by atoms with van der Waals surface area (Å²) in [6.45, 7) is 2.98. The maximum Gasteiger partial charge on any atom is 0.573 e. The van der Waals surface area contributed by atoms with Gasteiger partial charge in [0.1, 0.15) is 17.4 Å². The van der Waals surface area contributed by atoms with Gasteiger partial charge in [0.2, 0.25) is 5.95 Å². The van der Waals surface area contributed by atoms with Crippen molar-refractivity contribution in [1.29, 1.82) is 0 Å². The highest BCUT2D eigenvalue weighted by molar-refractivity contribution is 6.03. The van der Waals surface area contributed by atoms with Gasteiger partial charge in [-0.25, -0.2) is 14.2 Å². The lowest BCUT2D eigenvalue weighted by molar-refractivity contribution is -0.274. The van der Waals surface area contributed by atoms with Gasteiger partial charge in [-0.1, -0.05) is 18.7 Å². The van der Waals surface area contributed by atoms with Crippen molar-refractivity contribution in [2.45, 2.75) is 12.5 Å². The lowest BCUT2D eigenvalue weighted by Crippen LogP contribution is -2.28. The number of alkyl halides is 6. The monoisotopic (exact) mass is 625 g/mol. The summed E-state index contributed by atoms with van der Waals surface area (Å²) in [5.74, 6) is -6.80. The number of nitrogens with one attached hydrogen (secondary N) is 3. The zero-order valence-electron chi connectivity index (χ0n) is 22.0. The minimum Gasteiger partial charge on any atom is -0.415 e. The summed E-state index contributed by atoms with van der Waals surface area (Å²) in [4.78, 5) is 31.7. The predicted octanol–water partition coefficient (Wildman–Crippen LogP) is 5.96. The fraction of sp³-hybridized carbons (Fsp3) is 0.115. The molecule has 0 fully saturated rings. The Morgan fingerprint density at radius 2 is 1.73 bits per heavy atom. The van der Waals surface area contributed by atoms with Gasteiger partial charge in [0.05, 0.1) is 17.6 Å². The number of rotatable bonds is 9. The average Bonchev–Trinajstić information content (AvgIpc) is 3.33. The Bertz CT molecular complexity index is 1720. The molecule has 230 valence electrons. The quantitative estimate of drug-likeness (QED) is 0.0892. The number of aryl methyl sites for hydroxylation is 1. The van der Waals surface area contributed by atoms with Crippen molar-refractivity contribution in [2.75, 3.05) is 16.0 Å². The van der Waals surface area contributed by atoms with Gasteiger partial charge in [-0.15, -0.1) is 13.2 Å². The molecule has 18 heteroatoms. The smallest absolute Gasteiger partial charge is 0.415 e. The van der Waals surface area contributed by atoms with Gasteiger partial charge >= 0.3 is 18.5 Å². The van der Waals surface area contributed by atoms with E-state index >= 15 is 0 Å². The van der Waals surface area contributed by atoms with Gasteiger partial charge in [-0.2, -0.15) is 23.3 Å². The van der Waals surface area contributed by atoms with Crippen LogP contribution in [0.2, 0.25) is 0 Å². The number of aromatic nitrogens is 4. The van der Waals surface area contributed by atoms with Gasteiger partial charge < -0.3 is 25.4 Å². The zero-order valence-corrected chi connectivity index (χ0v) is 22.0. The molecule has 4 rings (SSSR count). The summed E-state index contributed by atoms with van der Waals surface area (Å²) in [6, 6.07) is 7.76. The zero-order chi connectivity index (χ0) is 32.2. The van der Waals surface area contributed by atoms with Crippen molar-refractivity contribution < 1.29 is 49.8 Å². The number of benzene rings is 2. The van der Waals surface area contributed by atoms with Gasteiger partial charge in [-0.3, -0.25) is 9.48 Å². The number of hydrogen-bond acceptors (Lipinski definition) is 9. The molecule has 0 atom stereocenters. The van der Waals surface area contributed by atoms with E-state index in [2.05, 4.69) is 47.1 Å². The number of carbonyl (C=O) groups is 2. The SMILES string of the molecule is C=C(OC(=O)C(F)(F)F)C(=O)Nc1ccc(F)c(Nc2nc(Nc3cnn(C)c3)ncc2-c2cccc(OC(F)(F)F)c2)c1. The number of nitrogens with zero attached hydrogens (tertiary/aromatic N) is 4. The highest BCUT2D eigenvalue weighted by Crippen LogP contribution is 2.34. The van der Waals surface area contributed by atoms with Crippen LogP contribution in [0.25, 0.3) is 11.1 Å². The van der Waals surface area contributed by atoms with Crippen LogP contribution in [0.4, 0.5) is 59.6 Å². The first-order valence-corrected chi connectivity index (χ1v) is 11.9. The second-order valence-electron chi connectivity index (χ2n) is 8.64. The number of hydrogen-bond donors (Lipinski definition) is 3. The molecule has 0 aliphatic carbocycles. The van der Waals surface area contributed by atoms with Crippen molar-refractivity contribution in [1.82, 2.24) is 19.7 Å². The van der Waals surface area contributed by atoms with Crippen LogP contribution in [0.15, 0.2) is 73.4 Å². The highest BCUT2D eigenvalue weighted by atomic mass is 19.4. The van der Waals surface area contributed by atoms with Gasteiger partial charge in [0, 0.05) is 30.7 Å². The summed E-state index contributed by atoms with van der Waals surface area (Å²) in [6.07, 6.45) is -6.07. The minimum absolute atomic E-state index is 0.0282. The second kappa shape index (κ2) is 12.3. The van der Waals surface area contributed by atoms with Gasteiger partial charge in [-0.05, 0) is 35.9 Å². The van der Waals surface area contributed by atoms with E-state index in [0.29, 0.717) is 5.69 Å². The second-order valence-corrected chi connectivity index (χ2v) is 8.64. The molecule has 0 bridgehead atoms. The molecule has 2 aromatic heterocycles. The molecular weight excluding hydrogens is 607 g/mol. The van der Waals surface area contributed by atoms with Crippen LogP contribution in [0.3, 0.4) is 0 Å². The molecule has 0 saturated heterocycles. The van der Waals surface area contributed by atoms with E-state index in [1.807, 2.05) is 0 Å². The summed E-state index contributed by atoms with van der Waals surface area (Å²) in [5.41, 5.74) is 0.184. The van der Waals surface area contributed by atoms with Crippen LogP contribution in [0.1, 0.15) is 0 Å². The molecular formula is C26H18F7N7O4. The maximum atomic E-state index is 14.9. The molecule has 0 aliphatic heterocycles. The van der Waals surface area contributed by atoms with E-state index in [1.54, 1.807) is 13.2 Å². The summed E-state index contributed by atoms with van der Waals surface area (Å²) >= 11 is 0. The highest BCUT2D eigenvalue weighted by Gasteiger charge is 2.42. The van der Waals surface area contributed by atoms with Crippen molar-refractivity contribution in [3.05, 3.63) is 79.2 Å². The molecule has 0 radical (unpaired) electrons. The van der Waals surface area contributed by atoms with E-state index in [1.165, 1.54) is 29.2 Å². The molecule has 0 unspecified atom stereocenters. The van der Waals surface area contributed by atoms with Crippen LogP contribution in [-0.2, 0) is 21.4 Å². The first-order valence-electron chi connectivity index (χ1n) is 11.9. The summed E-state index contributed by atoms with van der Waals surface area (Å²) in [7, 11) is 1.66. The normalized spacial score (nSPS) is 11.5. The average molecular weight is 625 g/mol. The summed E-state index contributed by atoms with van der Waals surface area (Å²) in [5, 5.41) is 11.6. The number of esters is 1. The maximum absolute atomic E-state index is 14.9. The molecule has 44 heavy (non-hydrogen) atoms. The molecule has 0 spiro atoms. The van der Waals surface area contributed by atoms with Gasteiger partial charge in [0.15, 0.2) is 5.76 Å². The number of anilines is 5. The number of amides is 1. The standard InChI is InChI=1S/C26H18F7N7O4/c1-13(43-23(42)25(28,29)30)22(41)36-15-6-7-19(27)20(9-15)38-21-18(14-4-3-5-17(8-14)44-26(31,32)33)11-34-24(39-21)37-16-10-35-40(2)12-16/h3-12H,1H2,2H3,(H,36,41)(H2,34,37,38,39). The Kier molecular flexibility index (Phi) is 8.72. The topological polar surface area (TPSA) is 132 Å². The fourth-order valence-corrected chi connectivity index (χ4v) is 3.47. The largest absolute Gasteiger partial charge is 0.573 e. The Balaban J connectivity index is 1.66. The molecule has 2 heterocycles. The molecule has 0 aliphatic rings. The van der Waals surface area contributed by atoms with E-state index in [9.17, 15) is 40.3 Å². The Labute approximate surface area is 242 Å². The van der Waals surface area contributed by atoms with Gasteiger partial charge in [0.25, 0.3) is 5.91 Å². The Hall–Kier alpha value is -5.68. The van der Waals surface area contributed by atoms with Crippen LogP contribution >= 0.6 is 0 Å². The van der Waals surface area contributed by atoms with Crippen LogP contribution in [0.5, 0.6) is 5.75 Å². The fourth-order valence-electron chi connectivity index (χ4n) is 3.47. The van der Waals surface area contributed by atoms with Crippen molar-refractivity contribution >= 4 is 40.7 Å². The third-order valence-corrected chi connectivity index (χ3v) is 5.31. The number of ether oxygens (including phenoxy) is 2. The van der Waals surface area contributed by atoms with E-state index in [-0.39, 0.29) is 34.3 Å². The first kappa shape index (κ1) is 31.3. The Morgan fingerprint density at radius 1 is 0.977 bits per heavy atom. The van der Waals surface area contributed by atoms with E-state index in [4.69, 9.17) is 0 Å². The molecule has 3 N–H and O–H groups in total. The van der Waals surface area contributed by atoms with Crippen LogP contribution < -0.4 is 20.7 Å². The Morgan fingerprint density at radius 3 is 2.39 bits per heavy atom. The van der Waals surface area contributed by atoms with Crippen molar-refractivity contribution in [3.63, 3.8) is 0 Å². The van der Waals surface area contributed by atoms with E-state index < -0.39 is 41.7 Å². The van der Waals surface area contributed by atoms with E-state index in [0.717, 1.165) is 30.3 Å². The minimum atomic E-state index is -5.38.